The molecule has 0 fully saturated rings. The molecule has 0 N–H and O–H groups in total. The molecule has 1 heterocycles. The highest BCUT2D eigenvalue weighted by Crippen LogP contribution is 2.13. The van der Waals surface area contributed by atoms with Gasteiger partial charge in [-0.1, -0.05) is 12.1 Å². The number of nitrogens with zero attached hydrogens (tertiary/aromatic N) is 3. The molecule has 1 aromatic carbocycles. The second-order valence-corrected chi connectivity index (χ2v) is 3.48. The van der Waals surface area contributed by atoms with Crippen molar-refractivity contribution in [3.05, 3.63) is 53.4 Å². The molecule has 2 rings (SSSR count). The van der Waals surface area contributed by atoms with Gasteiger partial charge in [-0.05, 0) is 6.07 Å². The zero-order chi connectivity index (χ0) is 12.3. The van der Waals surface area contributed by atoms with Gasteiger partial charge >= 0.3 is 0 Å². The summed E-state index contributed by atoms with van der Waals surface area (Å²) in [4.78, 5) is 14.3. The predicted molar refractivity (Wildman–Crippen MR) is 57.8 cm³/mol. The van der Waals surface area contributed by atoms with Crippen LogP contribution in [0.25, 0.3) is 0 Å². The van der Waals surface area contributed by atoms with Gasteiger partial charge in [0.15, 0.2) is 6.29 Å². The van der Waals surface area contributed by atoms with Crippen LogP contribution >= 0.6 is 0 Å². The minimum atomic E-state index is -0.531. The summed E-state index contributed by atoms with van der Waals surface area (Å²) in [6.45, 7) is 0.238. The number of halogens is 1. The maximum Gasteiger partial charge on any atom is 0.169 e. The van der Waals surface area contributed by atoms with E-state index in [0.29, 0.717) is 17.5 Å². The summed E-state index contributed by atoms with van der Waals surface area (Å²) in [5, 5.41) is 8.70. The van der Waals surface area contributed by atoms with E-state index < -0.39 is 5.82 Å². The third-order valence-corrected chi connectivity index (χ3v) is 2.33. The number of hydrogen-bond donors (Lipinski definition) is 0. The Morgan fingerprint density at radius 1 is 1.53 bits per heavy atom. The minimum Gasteiger partial charge on any atom is -0.332 e. The van der Waals surface area contributed by atoms with Gasteiger partial charge in [0, 0.05) is 11.8 Å². The molecule has 0 bridgehead atoms. The Morgan fingerprint density at radius 3 is 3.00 bits per heavy atom. The molecule has 4 nitrogen and oxygen atoms in total. The first kappa shape index (κ1) is 11.0. The number of benzene rings is 1. The van der Waals surface area contributed by atoms with Crippen molar-refractivity contribution in [1.29, 1.82) is 5.26 Å². The number of carbonyl (C=O) groups is 1. The van der Waals surface area contributed by atoms with Gasteiger partial charge in [-0.25, -0.2) is 9.37 Å². The molecular weight excluding hydrogens is 221 g/mol. The number of rotatable bonds is 3. The molecule has 0 spiro atoms. The van der Waals surface area contributed by atoms with Crippen molar-refractivity contribution in [2.24, 2.45) is 0 Å². The number of hydrogen-bond acceptors (Lipinski definition) is 3. The lowest BCUT2D eigenvalue weighted by Crippen LogP contribution is -2.01. The summed E-state index contributed by atoms with van der Waals surface area (Å²) in [6, 6.07) is 6.42. The lowest BCUT2D eigenvalue weighted by molar-refractivity contribution is 0.111. The molecule has 5 heteroatoms. The van der Waals surface area contributed by atoms with Gasteiger partial charge in [-0.3, -0.25) is 4.79 Å². The minimum absolute atomic E-state index is 0.0122. The van der Waals surface area contributed by atoms with Gasteiger partial charge in [0.05, 0.1) is 18.4 Å². The van der Waals surface area contributed by atoms with E-state index >= 15 is 0 Å². The van der Waals surface area contributed by atoms with Crippen LogP contribution in [0.15, 0.2) is 30.7 Å². The van der Waals surface area contributed by atoms with E-state index in [2.05, 4.69) is 4.98 Å². The zero-order valence-corrected chi connectivity index (χ0v) is 8.80. The van der Waals surface area contributed by atoms with Gasteiger partial charge in [-0.15, -0.1) is 0 Å². The first-order valence-electron chi connectivity index (χ1n) is 4.89. The molecule has 0 amide bonds. The van der Waals surface area contributed by atoms with Crippen LogP contribution in [0.2, 0.25) is 0 Å². The predicted octanol–water partition coefficient (Wildman–Crippen LogP) is 1.75. The van der Waals surface area contributed by atoms with Gasteiger partial charge in [-0.2, -0.15) is 5.26 Å². The largest absolute Gasteiger partial charge is 0.332 e. The fraction of sp³-hybridized carbons (Fsp3) is 0.0833. The Labute approximate surface area is 96.9 Å². The van der Waals surface area contributed by atoms with Crippen LogP contribution in [0.4, 0.5) is 4.39 Å². The van der Waals surface area contributed by atoms with Crippen molar-refractivity contribution >= 4 is 6.29 Å². The first-order valence-corrected chi connectivity index (χ1v) is 4.89. The van der Waals surface area contributed by atoms with Crippen molar-refractivity contribution in [3.63, 3.8) is 0 Å². The van der Waals surface area contributed by atoms with E-state index in [4.69, 9.17) is 5.26 Å². The van der Waals surface area contributed by atoms with Gasteiger partial charge < -0.3 is 4.57 Å². The van der Waals surface area contributed by atoms with Crippen molar-refractivity contribution < 1.29 is 9.18 Å². The molecule has 2 aromatic rings. The molecule has 0 aliphatic rings. The zero-order valence-electron chi connectivity index (χ0n) is 8.80. The third kappa shape index (κ3) is 2.21. The van der Waals surface area contributed by atoms with E-state index in [-0.39, 0.29) is 12.1 Å². The highest BCUT2D eigenvalue weighted by Gasteiger charge is 2.08. The fourth-order valence-corrected chi connectivity index (χ4v) is 1.51. The first-order chi connectivity index (χ1) is 8.24. The van der Waals surface area contributed by atoms with Crippen LogP contribution in [0.1, 0.15) is 21.6 Å². The molecule has 0 aliphatic heterocycles. The van der Waals surface area contributed by atoms with Gasteiger partial charge in [0.25, 0.3) is 0 Å². The number of aromatic nitrogens is 2. The molecule has 0 unspecified atom stereocenters. The highest BCUT2D eigenvalue weighted by atomic mass is 19.1. The average molecular weight is 229 g/mol. The number of nitriles is 1. The summed E-state index contributed by atoms with van der Waals surface area (Å²) in [7, 11) is 0. The Balaban J connectivity index is 2.30. The van der Waals surface area contributed by atoms with Crippen molar-refractivity contribution in [2.75, 3.05) is 0 Å². The second-order valence-electron chi connectivity index (χ2n) is 3.48. The molecule has 0 saturated heterocycles. The third-order valence-electron chi connectivity index (χ3n) is 2.33. The van der Waals surface area contributed by atoms with Crippen LogP contribution in [0.3, 0.4) is 0 Å². The van der Waals surface area contributed by atoms with Crippen LogP contribution in [0, 0.1) is 17.1 Å². The highest BCUT2D eigenvalue weighted by molar-refractivity contribution is 5.70. The monoisotopic (exact) mass is 229 g/mol. The van der Waals surface area contributed by atoms with Gasteiger partial charge in [0.1, 0.15) is 17.6 Å². The fourth-order valence-electron chi connectivity index (χ4n) is 1.51. The summed E-state index contributed by atoms with van der Waals surface area (Å²) in [5.41, 5.74) is 0.693. The molecule has 84 valence electrons. The van der Waals surface area contributed by atoms with E-state index in [1.165, 1.54) is 18.6 Å². The van der Waals surface area contributed by atoms with E-state index in [1.54, 1.807) is 22.8 Å². The standard InChI is InChI=1S/C12H8FN3O/c13-12-9(4-14)2-1-3-10(12)5-16-6-11(7-17)15-8-16/h1-3,6-8H,5H2. The number of imidazole rings is 1. The van der Waals surface area contributed by atoms with Crippen LogP contribution in [-0.4, -0.2) is 15.8 Å². The van der Waals surface area contributed by atoms with Crippen molar-refractivity contribution in [3.8, 4) is 6.07 Å². The molecule has 1 aromatic heterocycles. The number of carbonyl (C=O) groups excluding carboxylic acids is 1. The molecule has 0 atom stereocenters. The smallest absolute Gasteiger partial charge is 0.169 e. The Hall–Kier alpha value is -2.48. The summed E-state index contributed by atoms with van der Waals surface area (Å²) in [5.74, 6) is -0.531. The number of aldehydes is 1. The summed E-state index contributed by atoms with van der Waals surface area (Å²) >= 11 is 0. The Bertz CT molecular complexity index is 598. The summed E-state index contributed by atoms with van der Waals surface area (Å²) < 4.78 is 15.3. The van der Waals surface area contributed by atoms with Crippen LogP contribution in [-0.2, 0) is 6.54 Å². The maximum atomic E-state index is 13.7. The molecule has 17 heavy (non-hydrogen) atoms. The molecular formula is C12H8FN3O. The Morgan fingerprint density at radius 2 is 2.35 bits per heavy atom. The lowest BCUT2D eigenvalue weighted by Gasteiger charge is -2.04. The topological polar surface area (TPSA) is 58.7 Å². The molecule has 0 saturated carbocycles. The van der Waals surface area contributed by atoms with Crippen molar-refractivity contribution in [2.45, 2.75) is 6.54 Å². The van der Waals surface area contributed by atoms with E-state index in [9.17, 15) is 9.18 Å². The normalized spacial score (nSPS) is 9.88. The average Bonchev–Trinajstić information content (AvgIpc) is 2.79. The van der Waals surface area contributed by atoms with Gasteiger partial charge in [0.2, 0.25) is 0 Å². The quantitative estimate of drug-likeness (QED) is 0.753. The summed E-state index contributed by atoms with van der Waals surface area (Å²) in [6.07, 6.45) is 3.59. The second kappa shape index (κ2) is 4.58. The molecule has 0 aliphatic carbocycles. The maximum absolute atomic E-state index is 13.7. The van der Waals surface area contributed by atoms with Crippen LogP contribution < -0.4 is 0 Å². The van der Waals surface area contributed by atoms with Crippen molar-refractivity contribution in [1.82, 2.24) is 9.55 Å². The Kier molecular flexibility index (Phi) is 2.97. The molecule has 0 radical (unpaired) electrons. The lowest BCUT2D eigenvalue weighted by atomic mass is 10.1. The van der Waals surface area contributed by atoms with Crippen LogP contribution in [0.5, 0.6) is 0 Å². The van der Waals surface area contributed by atoms with E-state index in [1.807, 2.05) is 0 Å². The van der Waals surface area contributed by atoms with E-state index in [0.717, 1.165) is 0 Å². The SMILES string of the molecule is N#Cc1cccc(Cn2cnc(C=O)c2)c1F.